The molecule has 1 unspecified atom stereocenters. The van der Waals surface area contributed by atoms with E-state index in [1.54, 1.807) is 31.2 Å². The monoisotopic (exact) mass is 443 g/mol. The molecule has 3 aromatic carbocycles. The average Bonchev–Trinajstić information content (AvgIpc) is 3.01. The lowest BCUT2D eigenvalue weighted by molar-refractivity contribution is -0.136. The van der Waals surface area contributed by atoms with Crippen molar-refractivity contribution in [1.29, 1.82) is 0 Å². The number of halogens is 2. The lowest BCUT2D eigenvalue weighted by Gasteiger charge is -2.22. The third-order valence-electron chi connectivity index (χ3n) is 5.16. The molecular weight excluding hydrogens is 424 g/mol. The maximum Gasteiger partial charge on any atom is 0.387 e. The second kappa shape index (κ2) is 8.43. The molecule has 1 atom stereocenters. The highest BCUT2D eigenvalue weighted by atomic mass is 19.3. The fourth-order valence-electron chi connectivity index (χ4n) is 3.93. The highest BCUT2D eigenvalue weighted by Gasteiger charge is 2.43. The summed E-state index contributed by atoms with van der Waals surface area (Å²) in [5.41, 5.74) is 0.611. The van der Waals surface area contributed by atoms with Gasteiger partial charge in [0.05, 0.1) is 24.2 Å². The van der Waals surface area contributed by atoms with Crippen molar-refractivity contribution in [1.82, 2.24) is 0 Å². The van der Waals surface area contributed by atoms with Gasteiger partial charge in [-0.15, -0.1) is 0 Å². The Labute approximate surface area is 181 Å². The third kappa shape index (κ3) is 3.60. The molecule has 0 saturated heterocycles. The summed E-state index contributed by atoms with van der Waals surface area (Å²) in [6.45, 7) is -1.25. The minimum atomic E-state index is -3.17. The number of aliphatic hydroxyl groups is 1. The zero-order chi connectivity index (χ0) is 23.0. The molecule has 0 radical (unpaired) electrons. The number of hydrogen-bond acceptors (Lipinski definition) is 5. The molecule has 0 bridgehead atoms. The van der Waals surface area contributed by atoms with Crippen LogP contribution in [0, 0.1) is 0 Å². The van der Waals surface area contributed by atoms with Gasteiger partial charge in [-0.25, -0.2) is 0 Å². The van der Waals surface area contributed by atoms with E-state index in [4.69, 9.17) is 14.6 Å². The summed E-state index contributed by atoms with van der Waals surface area (Å²) in [4.78, 5) is 25.3. The zero-order valence-electron chi connectivity index (χ0n) is 16.9. The van der Waals surface area contributed by atoms with E-state index in [-0.39, 0.29) is 46.7 Å². The summed E-state index contributed by atoms with van der Waals surface area (Å²) in [5, 5.41) is 20.7. The largest absolute Gasteiger partial charge is 0.492 e. The van der Waals surface area contributed by atoms with Gasteiger partial charge >= 0.3 is 12.6 Å². The number of carboxylic acids is 1. The highest BCUT2D eigenvalue weighted by molar-refractivity contribution is 6.17. The number of fused-ring (bicyclic) bond motifs is 2. The van der Waals surface area contributed by atoms with Crippen LogP contribution in [0.4, 0.5) is 14.5 Å². The van der Waals surface area contributed by atoms with Crippen molar-refractivity contribution < 1.29 is 38.1 Å². The number of carbonyl (C=O) groups excluding carboxylic acids is 1. The van der Waals surface area contributed by atoms with Crippen molar-refractivity contribution in [3.8, 4) is 11.5 Å². The Kier molecular flexibility index (Phi) is 5.67. The van der Waals surface area contributed by atoms with Crippen LogP contribution in [-0.2, 0) is 11.2 Å². The van der Waals surface area contributed by atoms with E-state index in [2.05, 4.69) is 0 Å². The molecule has 2 N–H and O–H groups in total. The minimum Gasteiger partial charge on any atom is -0.492 e. The normalized spacial score (nSPS) is 15.3. The number of nitrogens with zero attached hydrogens (tertiary/aromatic N) is 1. The Balaban J connectivity index is 1.90. The molecule has 1 aliphatic rings. The maximum absolute atomic E-state index is 13.4. The van der Waals surface area contributed by atoms with Crippen molar-refractivity contribution in [2.24, 2.45) is 0 Å². The van der Waals surface area contributed by atoms with Crippen LogP contribution < -0.4 is 14.4 Å². The lowest BCUT2D eigenvalue weighted by atomic mass is 9.98. The molecule has 7 nitrogen and oxygen atoms in total. The Bertz CT molecular complexity index is 1200. The Morgan fingerprint density at radius 2 is 1.72 bits per heavy atom. The molecule has 0 saturated carbocycles. The predicted octanol–water partition coefficient (Wildman–Crippen LogP) is 4.12. The molecule has 3 aromatic rings. The molecular formula is C23H19F2NO6. The Morgan fingerprint density at radius 3 is 2.28 bits per heavy atom. The van der Waals surface area contributed by atoms with Crippen molar-refractivity contribution >= 4 is 28.3 Å². The summed E-state index contributed by atoms with van der Waals surface area (Å²) in [5.74, 6) is -1.77. The second-order valence-electron chi connectivity index (χ2n) is 7.09. The first-order chi connectivity index (χ1) is 15.3. The number of aliphatic carboxylic acids is 1. The van der Waals surface area contributed by atoms with E-state index in [9.17, 15) is 23.5 Å². The summed E-state index contributed by atoms with van der Waals surface area (Å²) in [7, 11) is 0. The van der Waals surface area contributed by atoms with Gasteiger partial charge in [-0.05, 0) is 24.6 Å². The molecule has 1 aliphatic heterocycles. The number of alkyl halides is 2. The van der Waals surface area contributed by atoms with E-state index in [1.165, 1.54) is 24.3 Å². The van der Waals surface area contributed by atoms with Crippen LogP contribution >= 0.6 is 0 Å². The van der Waals surface area contributed by atoms with Crippen molar-refractivity contribution in [3.63, 3.8) is 0 Å². The minimum absolute atomic E-state index is 0.0525. The van der Waals surface area contributed by atoms with E-state index < -0.39 is 24.7 Å². The Morgan fingerprint density at radius 1 is 1.09 bits per heavy atom. The first-order valence-corrected chi connectivity index (χ1v) is 9.82. The van der Waals surface area contributed by atoms with Crippen molar-refractivity contribution in [2.75, 3.05) is 11.5 Å². The molecule has 32 heavy (non-hydrogen) atoms. The third-order valence-corrected chi connectivity index (χ3v) is 5.16. The first-order valence-electron chi connectivity index (χ1n) is 9.82. The zero-order valence-corrected chi connectivity index (χ0v) is 16.9. The smallest absolute Gasteiger partial charge is 0.387 e. The number of carboxylic acid groups (broad SMARTS) is 1. The number of rotatable bonds is 7. The fraction of sp³-hybridized carbons (Fsp3) is 0.217. The predicted molar refractivity (Wildman–Crippen MR) is 111 cm³/mol. The van der Waals surface area contributed by atoms with Crippen LogP contribution in [0.15, 0.2) is 48.5 Å². The standard InChI is InChI=1S/C23H19F2NO6/c1-2-31-19-14-5-3-4-6-15(14)20(32-23(24)25)18-17(19)21(29)26(22(18)30)13-9-7-12(8-10-13)11-16(27)28/h3-10,22-23,30H,2,11H2,1H3,(H,27,28). The number of amides is 1. The first kappa shape index (κ1) is 21.5. The van der Waals surface area contributed by atoms with Crippen LogP contribution in [0.25, 0.3) is 10.8 Å². The number of carbonyl (C=O) groups is 2. The molecule has 0 aromatic heterocycles. The average molecular weight is 443 g/mol. The van der Waals surface area contributed by atoms with Crippen LogP contribution in [0.3, 0.4) is 0 Å². The Hall–Kier alpha value is -3.72. The van der Waals surface area contributed by atoms with Gasteiger partial charge in [0.15, 0.2) is 6.23 Å². The van der Waals surface area contributed by atoms with Gasteiger partial charge < -0.3 is 19.7 Å². The molecule has 166 valence electrons. The van der Waals surface area contributed by atoms with E-state index in [0.29, 0.717) is 10.9 Å². The van der Waals surface area contributed by atoms with Gasteiger partial charge in [-0.2, -0.15) is 8.78 Å². The topological polar surface area (TPSA) is 96.3 Å². The number of aliphatic hydroxyl groups excluding tert-OH is 1. The van der Waals surface area contributed by atoms with Gasteiger partial charge in [0.2, 0.25) is 0 Å². The second-order valence-corrected chi connectivity index (χ2v) is 7.09. The summed E-state index contributed by atoms with van der Waals surface area (Å²) in [6, 6.07) is 12.5. The van der Waals surface area contributed by atoms with Gasteiger partial charge in [0.1, 0.15) is 11.5 Å². The number of anilines is 1. The molecule has 1 heterocycles. The van der Waals surface area contributed by atoms with Crippen LogP contribution in [0.5, 0.6) is 11.5 Å². The molecule has 9 heteroatoms. The van der Waals surface area contributed by atoms with Gasteiger partial charge in [0, 0.05) is 16.5 Å². The lowest BCUT2D eigenvalue weighted by Crippen LogP contribution is -2.27. The number of benzene rings is 3. The highest BCUT2D eigenvalue weighted by Crippen LogP contribution is 2.50. The van der Waals surface area contributed by atoms with E-state index in [0.717, 1.165) is 4.90 Å². The molecule has 0 spiro atoms. The fourth-order valence-corrected chi connectivity index (χ4v) is 3.93. The van der Waals surface area contributed by atoms with E-state index in [1.807, 2.05) is 0 Å². The van der Waals surface area contributed by atoms with Crippen LogP contribution in [0.1, 0.15) is 34.6 Å². The SMILES string of the molecule is CCOc1c2c(c(OC(F)F)c3ccccc13)C(O)N(c1ccc(CC(=O)O)cc1)C2=O. The van der Waals surface area contributed by atoms with Crippen LogP contribution in [0.2, 0.25) is 0 Å². The van der Waals surface area contributed by atoms with Gasteiger partial charge in [-0.3, -0.25) is 14.5 Å². The van der Waals surface area contributed by atoms with E-state index >= 15 is 0 Å². The van der Waals surface area contributed by atoms with Crippen LogP contribution in [-0.4, -0.2) is 35.3 Å². The summed E-state index contributed by atoms with van der Waals surface area (Å²) >= 11 is 0. The quantitative estimate of drug-likeness (QED) is 0.570. The van der Waals surface area contributed by atoms with Crippen molar-refractivity contribution in [3.05, 3.63) is 65.2 Å². The maximum atomic E-state index is 13.4. The summed E-state index contributed by atoms with van der Waals surface area (Å²) < 4.78 is 37.1. The molecule has 4 rings (SSSR count). The van der Waals surface area contributed by atoms with Crippen molar-refractivity contribution in [2.45, 2.75) is 26.2 Å². The number of hydrogen-bond donors (Lipinski definition) is 2. The van der Waals surface area contributed by atoms with Gasteiger partial charge in [-0.1, -0.05) is 36.4 Å². The summed E-state index contributed by atoms with van der Waals surface area (Å²) in [6.07, 6.45) is -1.82. The molecule has 0 aliphatic carbocycles. The molecule has 0 fully saturated rings. The molecule has 1 amide bonds. The van der Waals surface area contributed by atoms with Gasteiger partial charge in [0.25, 0.3) is 5.91 Å². The number of ether oxygens (including phenoxy) is 2.